The Morgan fingerprint density at radius 1 is 1.22 bits per heavy atom. The van der Waals surface area contributed by atoms with E-state index in [1.165, 1.54) is 6.07 Å². The second kappa shape index (κ2) is 4.99. The van der Waals surface area contributed by atoms with E-state index in [0.29, 0.717) is 27.6 Å². The minimum absolute atomic E-state index is 0.153. The van der Waals surface area contributed by atoms with E-state index in [2.05, 4.69) is 0 Å². The zero-order valence-electron chi connectivity index (χ0n) is 9.64. The number of rotatable bonds is 2. The second-order valence-corrected chi connectivity index (χ2v) is 4.19. The smallest absolute Gasteiger partial charge is 0.145 e. The highest BCUT2D eigenvalue weighted by molar-refractivity contribution is 6.30. The van der Waals surface area contributed by atoms with E-state index in [1.54, 1.807) is 37.3 Å². The summed E-state index contributed by atoms with van der Waals surface area (Å²) in [7, 11) is 0. The van der Waals surface area contributed by atoms with Gasteiger partial charge in [-0.05, 0) is 37.3 Å². The predicted molar refractivity (Wildman–Crippen MR) is 69.1 cm³/mol. The van der Waals surface area contributed by atoms with Crippen molar-refractivity contribution in [3.8, 4) is 23.3 Å². The highest BCUT2D eigenvalue weighted by Crippen LogP contribution is 2.32. The Bertz CT molecular complexity index is 632. The summed E-state index contributed by atoms with van der Waals surface area (Å²) in [6.45, 7) is 1.74. The van der Waals surface area contributed by atoms with E-state index in [9.17, 15) is 5.11 Å². The van der Waals surface area contributed by atoms with Gasteiger partial charge in [-0.25, -0.2) is 0 Å². The number of hydrogen-bond acceptors (Lipinski definition) is 3. The van der Waals surface area contributed by atoms with Crippen molar-refractivity contribution in [3.63, 3.8) is 0 Å². The molecule has 0 fully saturated rings. The van der Waals surface area contributed by atoms with Crippen LogP contribution in [0.3, 0.4) is 0 Å². The summed E-state index contributed by atoms with van der Waals surface area (Å²) >= 11 is 5.81. The van der Waals surface area contributed by atoms with Crippen molar-refractivity contribution in [1.29, 1.82) is 5.26 Å². The van der Waals surface area contributed by atoms with Crippen LogP contribution in [0.25, 0.3) is 0 Å². The lowest BCUT2D eigenvalue weighted by molar-refractivity contribution is 0.447. The van der Waals surface area contributed by atoms with E-state index < -0.39 is 0 Å². The molecule has 4 heteroatoms. The van der Waals surface area contributed by atoms with Crippen LogP contribution in [0, 0.1) is 18.3 Å². The molecule has 0 bridgehead atoms. The highest BCUT2D eigenvalue weighted by Gasteiger charge is 2.09. The van der Waals surface area contributed by atoms with Crippen LogP contribution in [0.4, 0.5) is 0 Å². The Labute approximate surface area is 110 Å². The van der Waals surface area contributed by atoms with Crippen LogP contribution in [0.2, 0.25) is 5.02 Å². The average molecular weight is 260 g/mol. The molecule has 3 nitrogen and oxygen atoms in total. The molecule has 0 heterocycles. The van der Waals surface area contributed by atoms with E-state index in [1.807, 2.05) is 6.07 Å². The maximum absolute atomic E-state index is 9.58. The van der Waals surface area contributed by atoms with Gasteiger partial charge in [0.25, 0.3) is 0 Å². The number of benzene rings is 2. The third kappa shape index (κ3) is 2.39. The minimum Gasteiger partial charge on any atom is -0.508 e. The molecule has 18 heavy (non-hydrogen) atoms. The molecule has 0 radical (unpaired) electrons. The largest absolute Gasteiger partial charge is 0.508 e. The highest BCUT2D eigenvalue weighted by atomic mass is 35.5. The first-order chi connectivity index (χ1) is 8.61. The number of ether oxygens (including phenoxy) is 1. The Hall–Kier alpha value is -2.18. The van der Waals surface area contributed by atoms with Crippen molar-refractivity contribution < 1.29 is 9.84 Å². The normalized spacial score (nSPS) is 9.83. The van der Waals surface area contributed by atoms with Crippen LogP contribution in [-0.4, -0.2) is 5.11 Å². The van der Waals surface area contributed by atoms with Gasteiger partial charge in [0.2, 0.25) is 0 Å². The molecule has 90 valence electrons. The van der Waals surface area contributed by atoms with E-state index in [-0.39, 0.29) is 5.75 Å². The number of aromatic hydroxyl groups is 1. The lowest BCUT2D eigenvalue weighted by Crippen LogP contribution is -1.90. The Morgan fingerprint density at radius 3 is 2.72 bits per heavy atom. The molecule has 1 N–H and O–H groups in total. The van der Waals surface area contributed by atoms with E-state index in [4.69, 9.17) is 21.6 Å². The van der Waals surface area contributed by atoms with Gasteiger partial charge in [0.15, 0.2) is 0 Å². The molecule has 0 saturated carbocycles. The lowest BCUT2D eigenvalue weighted by atomic mass is 10.2. The van der Waals surface area contributed by atoms with Crippen LogP contribution in [0.1, 0.15) is 11.1 Å². The molecule has 0 saturated heterocycles. The number of halogens is 1. The number of nitriles is 1. The lowest BCUT2D eigenvalue weighted by Gasteiger charge is -2.10. The number of nitrogens with zero attached hydrogens (tertiary/aromatic N) is 1. The van der Waals surface area contributed by atoms with Crippen molar-refractivity contribution in [2.75, 3.05) is 0 Å². The summed E-state index contributed by atoms with van der Waals surface area (Å²) in [6.07, 6.45) is 0. The summed E-state index contributed by atoms with van der Waals surface area (Å²) in [6, 6.07) is 11.8. The zero-order valence-corrected chi connectivity index (χ0v) is 10.4. The summed E-state index contributed by atoms with van der Waals surface area (Å²) in [5.41, 5.74) is 0.974. The molecule has 2 aromatic carbocycles. The van der Waals surface area contributed by atoms with Gasteiger partial charge in [0, 0.05) is 10.6 Å². The Kier molecular flexibility index (Phi) is 3.40. The van der Waals surface area contributed by atoms with Crippen LogP contribution < -0.4 is 4.74 Å². The van der Waals surface area contributed by atoms with Crippen LogP contribution >= 0.6 is 11.6 Å². The fourth-order valence-electron chi connectivity index (χ4n) is 1.51. The molecule has 0 amide bonds. The Balaban J connectivity index is 2.41. The van der Waals surface area contributed by atoms with Gasteiger partial charge in [-0.1, -0.05) is 17.7 Å². The van der Waals surface area contributed by atoms with Gasteiger partial charge >= 0.3 is 0 Å². The topological polar surface area (TPSA) is 53.2 Å². The molecule has 0 unspecified atom stereocenters. The quantitative estimate of drug-likeness (QED) is 0.886. The molecule has 2 aromatic rings. The number of phenols is 1. The van der Waals surface area contributed by atoms with Gasteiger partial charge in [0.1, 0.15) is 23.3 Å². The molecule has 0 atom stereocenters. The molecule has 0 aliphatic carbocycles. The number of phenolic OH excluding ortho intramolecular Hbond substituents is 1. The number of hydrogen-bond donors (Lipinski definition) is 1. The molecular formula is C14H10ClNO2. The first kappa shape index (κ1) is 12.3. The summed E-state index contributed by atoms with van der Waals surface area (Å²) < 4.78 is 5.63. The third-order valence-corrected chi connectivity index (χ3v) is 2.77. The first-order valence-electron chi connectivity index (χ1n) is 5.28. The fourth-order valence-corrected chi connectivity index (χ4v) is 1.68. The van der Waals surface area contributed by atoms with Gasteiger partial charge in [0.05, 0.1) is 5.56 Å². The molecular weight excluding hydrogens is 250 g/mol. The fraction of sp³-hybridized carbons (Fsp3) is 0.0714. The molecule has 0 aromatic heterocycles. The van der Waals surface area contributed by atoms with Gasteiger partial charge < -0.3 is 9.84 Å². The van der Waals surface area contributed by atoms with E-state index >= 15 is 0 Å². The van der Waals surface area contributed by atoms with Crippen molar-refractivity contribution >= 4 is 11.6 Å². The zero-order chi connectivity index (χ0) is 13.1. The molecule has 0 aliphatic heterocycles. The van der Waals surface area contributed by atoms with Crippen molar-refractivity contribution in [1.82, 2.24) is 0 Å². The van der Waals surface area contributed by atoms with Gasteiger partial charge in [-0.2, -0.15) is 5.26 Å². The molecule has 2 rings (SSSR count). The standard InChI is InChI=1S/C14H10ClNO2/c1-9-12(17)3-2-4-13(9)18-14-6-5-11(15)7-10(14)8-16/h2-7,17H,1H3. The van der Waals surface area contributed by atoms with Crippen molar-refractivity contribution in [3.05, 3.63) is 52.5 Å². The molecule has 0 aliphatic rings. The van der Waals surface area contributed by atoms with Crippen molar-refractivity contribution in [2.45, 2.75) is 6.92 Å². The first-order valence-corrected chi connectivity index (χ1v) is 5.65. The van der Waals surface area contributed by atoms with Crippen LogP contribution in [0.15, 0.2) is 36.4 Å². The Morgan fingerprint density at radius 2 is 2.00 bits per heavy atom. The third-order valence-electron chi connectivity index (χ3n) is 2.54. The maximum Gasteiger partial charge on any atom is 0.145 e. The predicted octanol–water partition coefficient (Wildman–Crippen LogP) is 4.02. The summed E-state index contributed by atoms with van der Waals surface area (Å²) in [5, 5.41) is 19.1. The molecule has 0 spiro atoms. The average Bonchev–Trinajstić information content (AvgIpc) is 2.37. The van der Waals surface area contributed by atoms with Crippen LogP contribution in [0.5, 0.6) is 17.2 Å². The van der Waals surface area contributed by atoms with E-state index in [0.717, 1.165) is 0 Å². The summed E-state index contributed by atoms with van der Waals surface area (Å²) in [4.78, 5) is 0. The monoisotopic (exact) mass is 259 g/mol. The SMILES string of the molecule is Cc1c(O)cccc1Oc1ccc(Cl)cc1C#N. The van der Waals surface area contributed by atoms with Gasteiger partial charge in [-0.3, -0.25) is 0 Å². The van der Waals surface area contributed by atoms with Crippen LogP contribution in [-0.2, 0) is 0 Å². The maximum atomic E-state index is 9.58. The summed E-state index contributed by atoms with van der Waals surface area (Å²) in [5.74, 6) is 1.07. The minimum atomic E-state index is 0.153. The second-order valence-electron chi connectivity index (χ2n) is 3.75. The van der Waals surface area contributed by atoms with Gasteiger partial charge in [-0.15, -0.1) is 0 Å². The van der Waals surface area contributed by atoms with Crippen molar-refractivity contribution in [2.24, 2.45) is 0 Å².